The van der Waals surface area contributed by atoms with Gasteiger partial charge in [-0.05, 0) is 36.9 Å². The van der Waals surface area contributed by atoms with Gasteiger partial charge in [0.1, 0.15) is 11.5 Å². The molecule has 3 nitrogen and oxygen atoms in total. The molecule has 0 spiro atoms. The molecule has 1 aliphatic rings. The third kappa shape index (κ3) is 2.78. The highest BCUT2D eigenvalue weighted by atomic mass is 16.3. The molecule has 1 aliphatic heterocycles. The van der Waals surface area contributed by atoms with Crippen molar-refractivity contribution in [3.63, 3.8) is 0 Å². The standard InChI is InChI=1S/C15H26N2O/c1-4-13-5-6-15(18-13)14(9-16)17-8-7-12(10-17)11(2)3/h5-6,11-12,14H,4,7-10,16H2,1-3H3. The quantitative estimate of drug-likeness (QED) is 0.873. The van der Waals surface area contributed by atoms with E-state index in [2.05, 4.69) is 37.8 Å². The summed E-state index contributed by atoms with van der Waals surface area (Å²) in [6.45, 7) is 9.68. The van der Waals surface area contributed by atoms with Crippen LogP contribution in [0.5, 0.6) is 0 Å². The van der Waals surface area contributed by atoms with Crippen LogP contribution >= 0.6 is 0 Å². The molecule has 3 heteroatoms. The van der Waals surface area contributed by atoms with Crippen molar-refractivity contribution in [2.45, 2.75) is 39.7 Å². The van der Waals surface area contributed by atoms with Crippen LogP contribution in [0.15, 0.2) is 16.5 Å². The molecule has 2 N–H and O–H groups in total. The normalized spacial score (nSPS) is 22.8. The summed E-state index contributed by atoms with van der Waals surface area (Å²) in [5.74, 6) is 3.66. The minimum absolute atomic E-state index is 0.258. The summed E-state index contributed by atoms with van der Waals surface area (Å²) in [7, 11) is 0. The second-order valence-electron chi connectivity index (χ2n) is 5.70. The molecule has 0 bridgehead atoms. The zero-order valence-electron chi connectivity index (χ0n) is 11.9. The van der Waals surface area contributed by atoms with Crippen LogP contribution in [0.3, 0.4) is 0 Å². The molecule has 1 saturated heterocycles. The Labute approximate surface area is 110 Å². The molecule has 2 unspecified atom stereocenters. The lowest BCUT2D eigenvalue weighted by Crippen LogP contribution is -2.32. The van der Waals surface area contributed by atoms with Crippen LogP contribution in [-0.2, 0) is 6.42 Å². The van der Waals surface area contributed by atoms with Crippen molar-refractivity contribution in [3.8, 4) is 0 Å². The SMILES string of the molecule is CCc1ccc(C(CN)N2CCC(C(C)C)C2)o1. The Balaban J connectivity index is 2.05. The first kappa shape index (κ1) is 13.6. The predicted octanol–water partition coefficient (Wildman–Crippen LogP) is 2.82. The van der Waals surface area contributed by atoms with Crippen LogP contribution in [0.1, 0.15) is 44.8 Å². The third-order valence-corrected chi connectivity index (χ3v) is 4.22. The zero-order chi connectivity index (χ0) is 13.1. The Morgan fingerprint density at radius 1 is 1.44 bits per heavy atom. The summed E-state index contributed by atoms with van der Waals surface area (Å²) < 4.78 is 5.87. The van der Waals surface area contributed by atoms with E-state index in [1.54, 1.807) is 0 Å². The molecule has 18 heavy (non-hydrogen) atoms. The maximum Gasteiger partial charge on any atom is 0.122 e. The Hall–Kier alpha value is -0.800. The van der Waals surface area contributed by atoms with Crippen molar-refractivity contribution in [1.82, 2.24) is 4.90 Å². The minimum atomic E-state index is 0.258. The van der Waals surface area contributed by atoms with Gasteiger partial charge in [-0.2, -0.15) is 0 Å². The van der Waals surface area contributed by atoms with Crippen molar-refractivity contribution in [2.75, 3.05) is 19.6 Å². The lowest BCUT2D eigenvalue weighted by molar-refractivity contribution is 0.204. The molecule has 0 saturated carbocycles. The van der Waals surface area contributed by atoms with Crippen LogP contribution in [-0.4, -0.2) is 24.5 Å². The minimum Gasteiger partial charge on any atom is -0.464 e. The van der Waals surface area contributed by atoms with Crippen molar-refractivity contribution in [3.05, 3.63) is 23.7 Å². The molecule has 1 aromatic heterocycles. The van der Waals surface area contributed by atoms with E-state index in [1.807, 2.05) is 0 Å². The first-order valence-electron chi connectivity index (χ1n) is 7.18. The van der Waals surface area contributed by atoms with E-state index in [0.29, 0.717) is 6.54 Å². The molecule has 0 aliphatic carbocycles. The topological polar surface area (TPSA) is 42.4 Å². The Bertz CT molecular complexity index is 372. The third-order valence-electron chi connectivity index (χ3n) is 4.22. The summed E-state index contributed by atoms with van der Waals surface area (Å²) >= 11 is 0. The highest BCUT2D eigenvalue weighted by Crippen LogP contribution is 2.31. The van der Waals surface area contributed by atoms with Gasteiger partial charge in [0.25, 0.3) is 0 Å². The zero-order valence-corrected chi connectivity index (χ0v) is 11.9. The maximum atomic E-state index is 5.96. The largest absolute Gasteiger partial charge is 0.464 e. The van der Waals surface area contributed by atoms with Gasteiger partial charge in [0.15, 0.2) is 0 Å². The highest BCUT2D eigenvalue weighted by Gasteiger charge is 2.31. The number of likely N-dealkylation sites (tertiary alicyclic amines) is 1. The molecule has 1 fully saturated rings. The van der Waals surface area contributed by atoms with Crippen LogP contribution in [0.25, 0.3) is 0 Å². The van der Waals surface area contributed by atoms with Crippen LogP contribution in [0, 0.1) is 11.8 Å². The first-order chi connectivity index (χ1) is 8.65. The predicted molar refractivity (Wildman–Crippen MR) is 74.4 cm³/mol. The molecule has 2 rings (SSSR count). The molecular weight excluding hydrogens is 224 g/mol. The fourth-order valence-corrected chi connectivity index (χ4v) is 2.85. The Kier molecular flexibility index (Phi) is 4.46. The van der Waals surface area contributed by atoms with Gasteiger partial charge in [-0.3, -0.25) is 4.90 Å². The van der Waals surface area contributed by atoms with Crippen LogP contribution in [0.4, 0.5) is 0 Å². The van der Waals surface area contributed by atoms with Gasteiger partial charge in [0.05, 0.1) is 6.04 Å². The van der Waals surface area contributed by atoms with Crippen molar-refractivity contribution < 1.29 is 4.42 Å². The fourth-order valence-electron chi connectivity index (χ4n) is 2.85. The van der Waals surface area contributed by atoms with Gasteiger partial charge >= 0.3 is 0 Å². The van der Waals surface area contributed by atoms with Crippen molar-refractivity contribution in [1.29, 1.82) is 0 Å². The van der Waals surface area contributed by atoms with E-state index in [9.17, 15) is 0 Å². The number of nitrogens with zero attached hydrogens (tertiary/aromatic N) is 1. The van der Waals surface area contributed by atoms with E-state index in [4.69, 9.17) is 10.2 Å². The number of hydrogen-bond acceptors (Lipinski definition) is 3. The lowest BCUT2D eigenvalue weighted by Gasteiger charge is -2.25. The lowest BCUT2D eigenvalue weighted by atomic mass is 9.95. The van der Waals surface area contributed by atoms with Gasteiger partial charge in [-0.1, -0.05) is 20.8 Å². The Morgan fingerprint density at radius 2 is 2.22 bits per heavy atom. The van der Waals surface area contributed by atoms with Gasteiger partial charge < -0.3 is 10.2 Å². The Morgan fingerprint density at radius 3 is 2.72 bits per heavy atom. The number of nitrogens with two attached hydrogens (primary N) is 1. The molecule has 2 atom stereocenters. The smallest absolute Gasteiger partial charge is 0.122 e. The molecular formula is C15H26N2O. The van der Waals surface area contributed by atoms with Crippen molar-refractivity contribution >= 4 is 0 Å². The van der Waals surface area contributed by atoms with Crippen LogP contribution in [0.2, 0.25) is 0 Å². The summed E-state index contributed by atoms with van der Waals surface area (Å²) in [6.07, 6.45) is 2.24. The molecule has 0 amide bonds. The average molecular weight is 250 g/mol. The molecule has 1 aromatic rings. The molecule has 102 valence electrons. The number of furan rings is 1. The second-order valence-corrected chi connectivity index (χ2v) is 5.70. The summed E-state index contributed by atoms with van der Waals surface area (Å²) in [5, 5.41) is 0. The van der Waals surface area contributed by atoms with Gasteiger partial charge in [-0.25, -0.2) is 0 Å². The second kappa shape index (κ2) is 5.89. The van der Waals surface area contributed by atoms with E-state index in [1.165, 1.54) is 6.42 Å². The molecule has 2 heterocycles. The molecule has 0 aromatic carbocycles. The van der Waals surface area contributed by atoms with Gasteiger partial charge in [0.2, 0.25) is 0 Å². The first-order valence-corrected chi connectivity index (χ1v) is 7.18. The van der Waals surface area contributed by atoms with E-state index in [0.717, 1.165) is 42.9 Å². The van der Waals surface area contributed by atoms with Crippen LogP contribution < -0.4 is 5.73 Å². The van der Waals surface area contributed by atoms with Gasteiger partial charge in [0, 0.05) is 19.5 Å². The maximum absolute atomic E-state index is 5.96. The van der Waals surface area contributed by atoms with E-state index < -0.39 is 0 Å². The highest BCUT2D eigenvalue weighted by molar-refractivity contribution is 5.12. The summed E-state index contributed by atoms with van der Waals surface area (Å²) in [6, 6.07) is 4.43. The van der Waals surface area contributed by atoms with E-state index >= 15 is 0 Å². The number of hydrogen-bond donors (Lipinski definition) is 1. The van der Waals surface area contributed by atoms with Gasteiger partial charge in [-0.15, -0.1) is 0 Å². The monoisotopic (exact) mass is 250 g/mol. The summed E-state index contributed by atoms with van der Waals surface area (Å²) in [4.78, 5) is 2.49. The van der Waals surface area contributed by atoms with Crippen molar-refractivity contribution in [2.24, 2.45) is 17.6 Å². The number of rotatable bonds is 5. The average Bonchev–Trinajstić information content (AvgIpc) is 2.99. The number of aryl methyl sites for hydroxylation is 1. The summed E-state index contributed by atoms with van der Waals surface area (Å²) in [5.41, 5.74) is 5.96. The van der Waals surface area contributed by atoms with E-state index in [-0.39, 0.29) is 6.04 Å². The fraction of sp³-hybridized carbons (Fsp3) is 0.733. The molecule has 0 radical (unpaired) electrons.